The monoisotopic (exact) mass is 263 g/mol. The third-order valence-corrected chi connectivity index (χ3v) is 3.35. The number of rotatable bonds is 3. The van der Waals surface area contributed by atoms with E-state index in [0.29, 0.717) is 5.56 Å². The Balaban J connectivity index is 2.34. The molecular weight excluding hydrogens is 250 g/mol. The van der Waals surface area contributed by atoms with Crippen LogP contribution < -0.4 is 10.6 Å². The van der Waals surface area contributed by atoms with E-state index in [0.717, 1.165) is 15.8 Å². The molecule has 7 heteroatoms. The Labute approximate surface area is 108 Å². The molecule has 18 heavy (non-hydrogen) atoms. The summed E-state index contributed by atoms with van der Waals surface area (Å²) in [5, 5.41) is 21.4. The highest BCUT2D eigenvalue weighted by atomic mass is 32.1. The van der Waals surface area contributed by atoms with Crippen LogP contribution in [0, 0.1) is 6.92 Å². The Bertz CT molecular complexity index is 580. The van der Waals surface area contributed by atoms with Crippen molar-refractivity contribution in [3.05, 3.63) is 34.8 Å². The fraction of sp³-hybridized carbons (Fsp3) is 0.182. The first-order valence-electron chi connectivity index (χ1n) is 5.23. The molecule has 0 bridgehead atoms. The molecule has 0 spiro atoms. The molecule has 0 fully saturated rings. The number of hydrogen-bond acceptors (Lipinski definition) is 6. The van der Waals surface area contributed by atoms with Crippen molar-refractivity contribution in [2.75, 3.05) is 11.9 Å². The van der Waals surface area contributed by atoms with Crippen LogP contribution in [0.25, 0.3) is 0 Å². The van der Waals surface area contributed by atoms with E-state index in [1.807, 2.05) is 37.1 Å². The van der Waals surface area contributed by atoms with Gasteiger partial charge in [0.25, 0.3) is 0 Å². The lowest BCUT2D eigenvalue weighted by Gasteiger charge is -2.15. The molecule has 0 saturated carbocycles. The Morgan fingerprint density at radius 3 is 2.83 bits per heavy atom. The summed E-state index contributed by atoms with van der Waals surface area (Å²) in [4.78, 5) is 1.90. The highest BCUT2D eigenvalue weighted by Crippen LogP contribution is 2.26. The van der Waals surface area contributed by atoms with Crippen LogP contribution in [0.3, 0.4) is 0 Å². The molecule has 1 aromatic heterocycles. The quantitative estimate of drug-likeness (QED) is 0.381. The fourth-order valence-electron chi connectivity index (χ4n) is 1.46. The minimum absolute atomic E-state index is 0.0821. The highest BCUT2D eigenvalue weighted by molar-refractivity contribution is 7.15. The molecule has 0 aliphatic carbocycles. The number of benzene rings is 1. The maximum absolute atomic E-state index is 8.67. The summed E-state index contributed by atoms with van der Waals surface area (Å²) in [6, 6.07) is 7.36. The van der Waals surface area contributed by atoms with E-state index < -0.39 is 0 Å². The van der Waals surface area contributed by atoms with E-state index in [-0.39, 0.29) is 5.84 Å². The van der Waals surface area contributed by atoms with Gasteiger partial charge in [0, 0.05) is 18.3 Å². The van der Waals surface area contributed by atoms with Crippen LogP contribution in [0.1, 0.15) is 10.6 Å². The summed E-state index contributed by atoms with van der Waals surface area (Å²) >= 11 is 1.50. The standard InChI is InChI=1S/C11H13N5OS/c1-7-13-14-11(18-7)16(2)9-5-3-4-8(6-9)10(12)15-17/h3-6,17H,1-2H3,(H2,12,15). The van der Waals surface area contributed by atoms with Crippen molar-refractivity contribution in [2.24, 2.45) is 10.9 Å². The summed E-state index contributed by atoms with van der Waals surface area (Å²) in [5.74, 6) is 0.0821. The molecule has 2 rings (SSSR count). The Hall–Kier alpha value is -2.15. The fourth-order valence-corrected chi connectivity index (χ4v) is 2.13. The van der Waals surface area contributed by atoms with Gasteiger partial charge in [-0.3, -0.25) is 0 Å². The average molecular weight is 263 g/mol. The number of nitrogens with two attached hydrogens (primary N) is 1. The van der Waals surface area contributed by atoms with Crippen LogP contribution in [0.4, 0.5) is 10.8 Å². The summed E-state index contributed by atoms with van der Waals surface area (Å²) < 4.78 is 0. The number of oxime groups is 1. The lowest BCUT2D eigenvalue weighted by atomic mass is 10.2. The van der Waals surface area contributed by atoms with Gasteiger partial charge in [0.15, 0.2) is 5.84 Å². The minimum atomic E-state index is 0.0821. The molecule has 94 valence electrons. The maximum atomic E-state index is 8.67. The maximum Gasteiger partial charge on any atom is 0.212 e. The first-order chi connectivity index (χ1) is 8.61. The van der Waals surface area contributed by atoms with Crippen LogP contribution in [-0.4, -0.2) is 28.3 Å². The van der Waals surface area contributed by atoms with Gasteiger partial charge in [-0.25, -0.2) is 0 Å². The van der Waals surface area contributed by atoms with Crippen molar-refractivity contribution in [2.45, 2.75) is 6.92 Å². The van der Waals surface area contributed by atoms with Crippen LogP contribution in [0.5, 0.6) is 0 Å². The molecule has 0 saturated heterocycles. The van der Waals surface area contributed by atoms with Crippen LogP contribution in [-0.2, 0) is 0 Å². The number of nitrogens with zero attached hydrogens (tertiary/aromatic N) is 4. The molecule has 0 atom stereocenters. The second-order valence-electron chi connectivity index (χ2n) is 3.70. The predicted octanol–water partition coefficient (Wildman–Crippen LogP) is 1.71. The van der Waals surface area contributed by atoms with E-state index in [1.165, 1.54) is 11.3 Å². The Kier molecular flexibility index (Phi) is 3.42. The van der Waals surface area contributed by atoms with Gasteiger partial charge in [0.05, 0.1) is 0 Å². The summed E-state index contributed by atoms with van der Waals surface area (Å²) in [6.45, 7) is 1.90. The van der Waals surface area contributed by atoms with Crippen LogP contribution in [0.2, 0.25) is 0 Å². The van der Waals surface area contributed by atoms with E-state index in [9.17, 15) is 0 Å². The van der Waals surface area contributed by atoms with Gasteiger partial charge in [-0.15, -0.1) is 10.2 Å². The third kappa shape index (κ3) is 2.40. The summed E-state index contributed by atoms with van der Waals surface area (Å²) in [6.07, 6.45) is 0. The second-order valence-corrected chi connectivity index (χ2v) is 4.86. The van der Waals surface area contributed by atoms with Crippen molar-refractivity contribution in [3.63, 3.8) is 0 Å². The first-order valence-corrected chi connectivity index (χ1v) is 6.05. The number of hydrogen-bond donors (Lipinski definition) is 2. The second kappa shape index (κ2) is 5.01. The highest BCUT2D eigenvalue weighted by Gasteiger charge is 2.10. The number of aryl methyl sites for hydroxylation is 1. The molecule has 3 N–H and O–H groups in total. The minimum Gasteiger partial charge on any atom is -0.409 e. The normalized spacial score (nSPS) is 11.6. The van der Waals surface area contributed by atoms with E-state index in [4.69, 9.17) is 10.9 Å². The van der Waals surface area contributed by atoms with Gasteiger partial charge < -0.3 is 15.8 Å². The molecule has 0 aliphatic heterocycles. The summed E-state index contributed by atoms with van der Waals surface area (Å²) in [5.41, 5.74) is 7.12. The zero-order valence-electron chi connectivity index (χ0n) is 10.0. The lowest BCUT2D eigenvalue weighted by Crippen LogP contribution is -2.15. The van der Waals surface area contributed by atoms with Gasteiger partial charge in [-0.2, -0.15) is 0 Å². The van der Waals surface area contributed by atoms with Crippen LogP contribution >= 0.6 is 11.3 Å². The van der Waals surface area contributed by atoms with E-state index in [2.05, 4.69) is 15.4 Å². The van der Waals surface area contributed by atoms with Crippen LogP contribution in [0.15, 0.2) is 29.4 Å². The lowest BCUT2D eigenvalue weighted by molar-refractivity contribution is 0.318. The van der Waals surface area contributed by atoms with E-state index >= 15 is 0 Å². The zero-order valence-corrected chi connectivity index (χ0v) is 10.8. The summed E-state index contributed by atoms with van der Waals surface area (Å²) in [7, 11) is 1.89. The van der Waals surface area contributed by atoms with Crippen molar-refractivity contribution < 1.29 is 5.21 Å². The molecule has 2 aromatic rings. The van der Waals surface area contributed by atoms with Gasteiger partial charge in [-0.1, -0.05) is 28.6 Å². The molecule has 0 amide bonds. The molecule has 1 aromatic carbocycles. The first kappa shape index (κ1) is 12.3. The Morgan fingerprint density at radius 1 is 1.44 bits per heavy atom. The number of amidine groups is 1. The van der Waals surface area contributed by atoms with Crippen molar-refractivity contribution in [1.82, 2.24) is 10.2 Å². The largest absolute Gasteiger partial charge is 0.409 e. The van der Waals surface area contributed by atoms with Crippen molar-refractivity contribution >= 4 is 28.0 Å². The zero-order chi connectivity index (χ0) is 13.1. The molecule has 6 nitrogen and oxygen atoms in total. The molecule has 0 unspecified atom stereocenters. The van der Waals surface area contributed by atoms with Gasteiger partial charge in [-0.05, 0) is 19.1 Å². The Morgan fingerprint density at radius 2 is 2.22 bits per heavy atom. The smallest absolute Gasteiger partial charge is 0.212 e. The average Bonchev–Trinajstić information content (AvgIpc) is 2.83. The third-order valence-electron chi connectivity index (χ3n) is 2.44. The molecule has 1 heterocycles. The predicted molar refractivity (Wildman–Crippen MR) is 71.7 cm³/mol. The topological polar surface area (TPSA) is 87.6 Å². The molecule has 0 radical (unpaired) electrons. The number of aromatic nitrogens is 2. The van der Waals surface area contributed by atoms with E-state index in [1.54, 1.807) is 6.07 Å². The van der Waals surface area contributed by atoms with Gasteiger partial charge in [0.1, 0.15) is 5.01 Å². The molecular formula is C11H13N5OS. The molecule has 0 aliphatic rings. The van der Waals surface area contributed by atoms with Gasteiger partial charge in [0.2, 0.25) is 5.13 Å². The number of anilines is 2. The SMILES string of the molecule is Cc1nnc(N(C)c2cccc(/C(N)=N/O)c2)s1. The van der Waals surface area contributed by atoms with Crippen molar-refractivity contribution in [3.8, 4) is 0 Å². The van der Waals surface area contributed by atoms with Gasteiger partial charge >= 0.3 is 0 Å². The van der Waals surface area contributed by atoms with Crippen molar-refractivity contribution in [1.29, 1.82) is 0 Å².